The highest BCUT2D eigenvalue weighted by atomic mass is 19.1. The Kier molecular flexibility index (Phi) is 10.5. The van der Waals surface area contributed by atoms with Crippen LogP contribution in [-0.2, 0) is 9.47 Å². The summed E-state index contributed by atoms with van der Waals surface area (Å²) in [5.41, 5.74) is 0.548. The van der Waals surface area contributed by atoms with Crippen molar-refractivity contribution in [3.8, 4) is 22.9 Å². The molecule has 2 unspecified atom stereocenters. The Labute approximate surface area is 321 Å². The van der Waals surface area contributed by atoms with Gasteiger partial charge in [0.2, 0.25) is 0 Å². The van der Waals surface area contributed by atoms with Crippen molar-refractivity contribution >= 4 is 33.6 Å². The topological polar surface area (TPSA) is 133 Å². The summed E-state index contributed by atoms with van der Waals surface area (Å²) in [6, 6.07) is 15.1. The molecule has 4 saturated heterocycles. The van der Waals surface area contributed by atoms with Gasteiger partial charge in [-0.25, -0.2) is 9.18 Å². The average molecular weight is 757 g/mol. The number of aliphatic hydroxyl groups excluding tert-OH is 1. The van der Waals surface area contributed by atoms with Gasteiger partial charge in [0.05, 0.1) is 24.9 Å². The summed E-state index contributed by atoms with van der Waals surface area (Å²) in [6.07, 6.45) is 5.18. The lowest BCUT2D eigenvalue weighted by Gasteiger charge is -2.42. The lowest BCUT2D eigenvalue weighted by atomic mass is 9.95. The van der Waals surface area contributed by atoms with Crippen molar-refractivity contribution in [3.05, 3.63) is 54.3 Å². The fourth-order valence-corrected chi connectivity index (χ4v) is 9.33. The Morgan fingerprint density at radius 1 is 1.02 bits per heavy atom. The van der Waals surface area contributed by atoms with Gasteiger partial charge in [-0.3, -0.25) is 9.80 Å². The van der Waals surface area contributed by atoms with Crippen molar-refractivity contribution in [2.75, 3.05) is 64.0 Å². The Morgan fingerprint density at radius 3 is 2.51 bits per heavy atom. The number of aromatic nitrogens is 2. The van der Waals surface area contributed by atoms with Gasteiger partial charge in [-0.2, -0.15) is 9.97 Å². The summed E-state index contributed by atoms with van der Waals surface area (Å²) < 4.78 is 34.4. The van der Waals surface area contributed by atoms with E-state index in [9.17, 15) is 15.0 Å². The molecule has 1 aromatic heterocycles. The first-order chi connectivity index (χ1) is 26.5. The first-order valence-electron chi connectivity index (χ1n) is 19.8. The Morgan fingerprint density at radius 2 is 1.76 bits per heavy atom. The highest BCUT2D eigenvalue weighted by Gasteiger charge is 2.45. The van der Waals surface area contributed by atoms with Crippen molar-refractivity contribution in [3.63, 3.8) is 0 Å². The SMILES string of the molecule is CC(C)(C)OC(=O)NCCOC[C@@H](O)CN1C2CCC1CN(c1nc(OCC34CCCN3CCC4)nc3c(F)c(-c4cc(O)cc5ccccc45)ccc13)C2. The van der Waals surface area contributed by atoms with E-state index in [1.54, 1.807) is 18.2 Å². The molecule has 0 aliphatic carbocycles. The highest BCUT2D eigenvalue weighted by molar-refractivity contribution is 6.01. The Balaban J connectivity index is 1.02. The van der Waals surface area contributed by atoms with Crippen LogP contribution in [0, 0.1) is 5.82 Å². The van der Waals surface area contributed by atoms with Gasteiger partial charge in [0, 0.05) is 49.2 Å². The molecule has 4 aliphatic rings. The number of nitrogens with one attached hydrogen (secondary N) is 1. The number of hydrogen-bond donors (Lipinski definition) is 3. The number of fused-ring (bicyclic) bond motifs is 5. The molecule has 3 aromatic carbocycles. The maximum Gasteiger partial charge on any atom is 0.407 e. The molecule has 2 bridgehead atoms. The van der Waals surface area contributed by atoms with E-state index in [0.717, 1.165) is 62.4 Å². The van der Waals surface area contributed by atoms with E-state index >= 15 is 4.39 Å². The van der Waals surface area contributed by atoms with Gasteiger partial charge in [-0.1, -0.05) is 30.3 Å². The smallest absolute Gasteiger partial charge is 0.407 e. The third-order valence-corrected chi connectivity index (χ3v) is 11.8. The minimum absolute atomic E-state index is 0.0246. The number of hydrogen-bond acceptors (Lipinski definition) is 11. The molecule has 8 rings (SSSR count). The number of benzene rings is 3. The van der Waals surface area contributed by atoms with E-state index in [4.69, 9.17) is 24.2 Å². The molecular weight excluding hydrogens is 703 g/mol. The number of carbonyl (C=O) groups excluding carboxylic acids is 1. The summed E-state index contributed by atoms with van der Waals surface area (Å²) >= 11 is 0. The first kappa shape index (κ1) is 37.6. The maximum absolute atomic E-state index is 17.0. The highest BCUT2D eigenvalue weighted by Crippen LogP contribution is 2.42. The van der Waals surface area contributed by atoms with Crippen molar-refractivity contribution in [1.29, 1.82) is 0 Å². The van der Waals surface area contributed by atoms with Crippen LogP contribution in [0.2, 0.25) is 0 Å². The van der Waals surface area contributed by atoms with E-state index < -0.39 is 23.6 Å². The second-order valence-electron chi connectivity index (χ2n) is 16.7. The molecule has 5 heterocycles. The third kappa shape index (κ3) is 7.89. The van der Waals surface area contributed by atoms with Crippen LogP contribution in [0.1, 0.15) is 59.3 Å². The van der Waals surface area contributed by atoms with Crippen molar-refractivity contribution in [2.24, 2.45) is 0 Å². The summed E-state index contributed by atoms with van der Waals surface area (Å²) in [5.74, 6) is 0.239. The maximum atomic E-state index is 17.0. The van der Waals surface area contributed by atoms with Crippen LogP contribution in [0.15, 0.2) is 48.5 Å². The molecule has 12 nitrogen and oxygen atoms in total. The molecule has 55 heavy (non-hydrogen) atoms. The van der Waals surface area contributed by atoms with Crippen LogP contribution in [-0.4, -0.2) is 124 Å². The average Bonchev–Trinajstić information content (AvgIpc) is 3.79. The van der Waals surface area contributed by atoms with Gasteiger partial charge in [-0.15, -0.1) is 0 Å². The number of alkyl carbamates (subject to hydrolysis) is 1. The number of nitrogens with zero attached hydrogens (tertiary/aromatic N) is 5. The standard InChI is InChI=1S/C42H53FN6O6/c1-41(2,3)55-40(52)44-16-19-53-25-31(51)24-49-28-10-11-29(49)23-47(22-28)38-34-13-12-33(35-21-30(50)20-27-8-4-5-9-32(27)35)36(43)37(34)45-39(46-38)54-26-42-14-6-17-48(42)18-7-15-42/h4-5,8-9,12-13,20-21,28-29,31,50-51H,6-7,10-11,14-19,22-26H2,1-3H3,(H,44,52)/t28?,29?,31-/m0/s1. The normalized spacial score (nSPS) is 21.7. The van der Waals surface area contributed by atoms with Crippen LogP contribution >= 0.6 is 0 Å². The molecule has 13 heteroatoms. The van der Waals surface area contributed by atoms with Crippen LogP contribution in [0.4, 0.5) is 15.0 Å². The minimum atomic E-state index is -0.692. The number of aromatic hydroxyl groups is 1. The number of rotatable bonds is 12. The van der Waals surface area contributed by atoms with Gasteiger partial charge in [0.25, 0.3) is 0 Å². The van der Waals surface area contributed by atoms with E-state index in [1.807, 2.05) is 51.1 Å². The molecule has 1 amide bonds. The number of anilines is 1. The number of phenols is 1. The summed E-state index contributed by atoms with van der Waals surface area (Å²) in [5, 5.41) is 26.5. The molecule has 3 N–H and O–H groups in total. The molecular formula is C42H53FN6O6. The number of piperazine rings is 1. The summed E-state index contributed by atoms with van der Waals surface area (Å²) in [4.78, 5) is 28.8. The van der Waals surface area contributed by atoms with Gasteiger partial charge < -0.3 is 34.6 Å². The van der Waals surface area contributed by atoms with Gasteiger partial charge >= 0.3 is 12.1 Å². The van der Waals surface area contributed by atoms with Gasteiger partial charge in [-0.05, 0) is 107 Å². The van der Waals surface area contributed by atoms with Crippen LogP contribution in [0.3, 0.4) is 0 Å². The Hall–Kier alpha value is -4.30. The number of ether oxygens (including phenoxy) is 3. The fraction of sp³-hybridized carbons (Fsp3) is 0.548. The molecule has 0 radical (unpaired) electrons. The molecule has 0 saturated carbocycles. The lowest BCUT2D eigenvalue weighted by molar-refractivity contribution is 0.00420. The monoisotopic (exact) mass is 756 g/mol. The number of aliphatic hydroxyl groups is 1. The van der Waals surface area contributed by atoms with E-state index in [2.05, 4.69) is 20.0 Å². The van der Waals surface area contributed by atoms with Gasteiger partial charge in [0.15, 0.2) is 5.82 Å². The van der Waals surface area contributed by atoms with E-state index in [-0.39, 0.29) is 54.7 Å². The first-order valence-corrected chi connectivity index (χ1v) is 19.8. The molecule has 4 aromatic rings. The fourth-order valence-electron chi connectivity index (χ4n) is 9.33. The Bertz CT molecular complexity index is 2020. The van der Waals surface area contributed by atoms with E-state index in [0.29, 0.717) is 48.6 Å². The summed E-state index contributed by atoms with van der Waals surface area (Å²) in [7, 11) is 0. The quantitative estimate of drug-likeness (QED) is 0.150. The number of phenolic OH excluding ortho intramolecular Hbond substituents is 1. The second-order valence-corrected chi connectivity index (χ2v) is 16.7. The lowest BCUT2D eigenvalue weighted by Crippen LogP contribution is -2.56. The van der Waals surface area contributed by atoms with Crippen LogP contribution < -0.4 is 15.0 Å². The molecule has 294 valence electrons. The van der Waals surface area contributed by atoms with Crippen LogP contribution in [0.5, 0.6) is 11.8 Å². The van der Waals surface area contributed by atoms with Crippen molar-refractivity contribution in [1.82, 2.24) is 25.1 Å². The number of amides is 1. The molecule has 4 fully saturated rings. The largest absolute Gasteiger partial charge is 0.508 e. The second kappa shape index (κ2) is 15.3. The van der Waals surface area contributed by atoms with Gasteiger partial charge in [0.1, 0.15) is 29.3 Å². The molecule has 3 atom stereocenters. The van der Waals surface area contributed by atoms with Crippen molar-refractivity contribution < 1.29 is 33.6 Å². The molecule has 4 aliphatic heterocycles. The van der Waals surface area contributed by atoms with E-state index in [1.165, 1.54) is 0 Å². The zero-order valence-corrected chi connectivity index (χ0v) is 32.1. The number of halogens is 1. The predicted molar refractivity (Wildman–Crippen MR) is 209 cm³/mol. The zero-order valence-electron chi connectivity index (χ0n) is 32.1. The minimum Gasteiger partial charge on any atom is -0.508 e. The van der Waals surface area contributed by atoms with Crippen molar-refractivity contribution in [2.45, 2.75) is 88.6 Å². The number of carbonyl (C=O) groups is 1. The zero-order chi connectivity index (χ0) is 38.3. The molecule has 0 spiro atoms. The van der Waals surface area contributed by atoms with Crippen LogP contribution in [0.25, 0.3) is 32.8 Å². The summed E-state index contributed by atoms with van der Waals surface area (Å²) in [6.45, 7) is 10.5. The predicted octanol–water partition coefficient (Wildman–Crippen LogP) is 5.86. The third-order valence-electron chi connectivity index (χ3n) is 11.8.